The Hall–Kier alpha value is -2.70. The van der Waals surface area contributed by atoms with Gasteiger partial charge in [0.2, 0.25) is 11.9 Å². The second-order valence-electron chi connectivity index (χ2n) is 7.74. The maximum atomic E-state index is 14.5. The Bertz CT molecular complexity index is 852. The van der Waals surface area contributed by atoms with Crippen LogP contribution in [0.3, 0.4) is 0 Å². The number of benzene rings is 1. The Morgan fingerprint density at radius 3 is 2.82 bits per heavy atom. The standard InChI is InChI=1S/C21H26FN5O/c22-18-13-24-21(25-16-7-3-6-15(11-16)20(23)28)26-19(18)14-5-4-8-17(12-14)27-9-1-2-10-27/h4-5,8,12-13,15-16H,1-3,6-7,9-11H2,(H2,23,28)(H,24,25,26). The highest BCUT2D eigenvalue weighted by Crippen LogP contribution is 2.29. The molecule has 1 saturated carbocycles. The predicted octanol–water partition coefficient (Wildman–Crippen LogP) is 3.34. The van der Waals surface area contributed by atoms with Crippen LogP contribution in [0.5, 0.6) is 0 Å². The molecule has 1 aromatic heterocycles. The molecule has 2 fully saturated rings. The molecule has 1 saturated heterocycles. The van der Waals surface area contributed by atoms with E-state index < -0.39 is 5.82 Å². The second-order valence-corrected chi connectivity index (χ2v) is 7.74. The van der Waals surface area contributed by atoms with Crippen molar-refractivity contribution in [3.63, 3.8) is 0 Å². The van der Waals surface area contributed by atoms with Crippen LogP contribution in [-0.2, 0) is 4.79 Å². The predicted molar refractivity (Wildman–Crippen MR) is 107 cm³/mol. The number of aromatic nitrogens is 2. The van der Waals surface area contributed by atoms with Crippen LogP contribution in [0.1, 0.15) is 38.5 Å². The van der Waals surface area contributed by atoms with Crippen LogP contribution in [0.15, 0.2) is 30.5 Å². The van der Waals surface area contributed by atoms with Gasteiger partial charge in [0.05, 0.1) is 6.20 Å². The third-order valence-electron chi connectivity index (χ3n) is 5.74. The zero-order chi connectivity index (χ0) is 19.5. The molecule has 2 heterocycles. The zero-order valence-electron chi connectivity index (χ0n) is 15.9. The molecule has 3 N–H and O–H groups in total. The number of primary amides is 1. The summed E-state index contributed by atoms with van der Waals surface area (Å²) in [5.41, 5.74) is 7.59. The molecule has 2 aromatic rings. The molecule has 1 aliphatic carbocycles. The molecule has 1 aliphatic heterocycles. The summed E-state index contributed by atoms with van der Waals surface area (Å²) in [6.45, 7) is 2.07. The van der Waals surface area contributed by atoms with Crippen molar-refractivity contribution in [1.29, 1.82) is 0 Å². The van der Waals surface area contributed by atoms with Crippen molar-refractivity contribution in [2.75, 3.05) is 23.3 Å². The fraction of sp³-hybridized carbons (Fsp3) is 0.476. The average Bonchev–Trinajstić information content (AvgIpc) is 3.25. The summed E-state index contributed by atoms with van der Waals surface area (Å²) in [7, 11) is 0. The molecule has 6 nitrogen and oxygen atoms in total. The number of rotatable bonds is 5. The van der Waals surface area contributed by atoms with Crippen molar-refractivity contribution in [2.24, 2.45) is 11.7 Å². The van der Waals surface area contributed by atoms with Crippen LogP contribution in [0.4, 0.5) is 16.0 Å². The Morgan fingerprint density at radius 2 is 2.04 bits per heavy atom. The number of carbonyl (C=O) groups excluding carboxylic acids is 1. The zero-order valence-corrected chi connectivity index (χ0v) is 15.9. The smallest absolute Gasteiger partial charge is 0.223 e. The summed E-state index contributed by atoms with van der Waals surface area (Å²) in [4.78, 5) is 22.3. The summed E-state index contributed by atoms with van der Waals surface area (Å²) in [5, 5.41) is 3.27. The van der Waals surface area contributed by atoms with Crippen LogP contribution in [0.25, 0.3) is 11.3 Å². The average molecular weight is 383 g/mol. The van der Waals surface area contributed by atoms with Gasteiger partial charge < -0.3 is 16.0 Å². The first-order valence-electron chi connectivity index (χ1n) is 10.0. The minimum absolute atomic E-state index is 0.0699. The lowest BCUT2D eigenvalue weighted by Crippen LogP contribution is -2.34. The largest absolute Gasteiger partial charge is 0.372 e. The van der Waals surface area contributed by atoms with Gasteiger partial charge in [0.25, 0.3) is 0 Å². The maximum absolute atomic E-state index is 14.5. The molecule has 2 atom stereocenters. The van der Waals surface area contributed by atoms with E-state index in [0.29, 0.717) is 18.1 Å². The van der Waals surface area contributed by atoms with E-state index >= 15 is 0 Å². The lowest BCUT2D eigenvalue weighted by Gasteiger charge is -2.28. The van der Waals surface area contributed by atoms with Gasteiger partial charge in [-0.25, -0.2) is 14.4 Å². The number of halogens is 1. The van der Waals surface area contributed by atoms with Crippen LogP contribution >= 0.6 is 0 Å². The first-order chi connectivity index (χ1) is 13.6. The number of carbonyl (C=O) groups is 1. The number of nitrogens with zero attached hydrogens (tertiary/aromatic N) is 3. The van der Waals surface area contributed by atoms with Gasteiger partial charge in [-0.3, -0.25) is 4.79 Å². The molecule has 2 aliphatic rings. The van der Waals surface area contributed by atoms with Crippen LogP contribution in [0, 0.1) is 11.7 Å². The third kappa shape index (κ3) is 4.08. The Labute approximate surface area is 164 Å². The van der Waals surface area contributed by atoms with Crippen molar-refractivity contribution >= 4 is 17.5 Å². The Balaban J connectivity index is 1.54. The molecule has 2 unspecified atom stereocenters. The fourth-order valence-electron chi connectivity index (χ4n) is 4.23. The van der Waals surface area contributed by atoms with Gasteiger partial charge in [0, 0.05) is 36.3 Å². The lowest BCUT2D eigenvalue weighted by atomic mass is 9.85. The molecule has 0 spiro atoms. The second kappa shape index (κ2) is 8.12. The molecule has 0 radical (unpaired) electrons. The molecule has 1 amide bonds. The minimum atomic E-state index is -0.442. The molecule has 7 heteroatoms. The molecule has 28 heavy (non-hydrogen) atoms. The monoisotopic (exact) mass is 383 g/mol. The van der Waals surface area contributed by atoms with Crippen LogP contribution in [0.2, 0.25) is 0 Å². The van der Waals surface area contributed by atoms with E-state index in [-0.39, 0.29) is 17.9 Å². The maximum Gasteiger partial charge on any atom is 0.223 e. The van der Waals surface area contributed by atoms with Gasteiger partial charge in [-0.15, -0.1) is 0 Å². The normalized spacial score (nSPS) is 22.2. The van der Waals surface area contributed by atoms with E-state index in [1.807, 2.05) is 18.2 Å². The minimum Gasteiger partial charge on any atom is -0.372 e. The lowest BCUT2D eigenvalue weighted by molar-refractivity contribution is -0.122. The number of amides is 1. The quantitative estimate of drug-likeness (QED) is 0.827. The summed E-state index contributed by atoms with van der Waals surface area (Å²) in [6, 6.07) is 7.93. The van der Waals surface area contributed by atoms with Crippen molar-refractivity contribution in [3.05, 3.63) is 36.3 Å². The van der Waals surface area contributed by atoms with Crippen LogP contribution < -0.4 is 16.0 Å². The number of hydrogen-bond acceptors (Lipinski definition) is 5. The van der Waals surface area contributed by atoms with E-state index in [1.165, 1.54) is 19.0 Å². The number of nitrogens with one attached hydrogen (secondary N) is 1. The van der Waals surface area contributed by atoms with Crippen molar-refractivity contribution in [3.8, 4) is 11.3 Å². The topological polar surface area (TPSA) is 84.1 Å². The first-order valence-corrected chi connectivity index (χ1v) is 10.0. The molecule has 148 valence electrons. The molecular formula is C21H26FN5O. The third-order valence-corrected chi connectivity index (χ3v) is 5.74. The van der Waals surface area contributed by atoms with E-state index in [0.717, 1.165) is 43.6 Å². The van der Waals surface area contributed by atoms with Crippen molar-refractivity contribution in [2.45, 2.75) is 44.6 Å². The summed E-state index contributed by atoms with van der Waals surface area (Å²) in [6.07, 6.45) is 6.92. The molecule has 1 aromatic carbocycles. The van der Waals surface area contributed by atoms with Crippen LogP contribution in [-0.4, -0.2) is 35.0 Å². The van der Waals surface area contributed by atoms with Crippen molar-refractivity contribution < 1.29 is 9.18 Å². The van der Waals surface area contributed by atoms with Gasteiger partial charge in [-0.1, -0.05) is 18.6 Å². The van der Waals surface area contributed by atoms with E-state index in [2.05, 4.69) is 26.3 Å². The fourth-order valence-corrected chi connectivity index (χ4v) is 4.23. The highest BCUT2D eigenvalue weighted by molar-refractivity contribution is 5.76. The molecule has 0 bridgehead atoms. The Morgan fingerprint density at radius 1 is 1.21 bits per heavy atom. The highest BCUT2D eigenvalue weighted by atomic mass is 19.1. The summed E-state index contributed by atoms with van der Waals surface area (Å²) in [5.74, 6) is -0.435. The first kappa shape index (κ1) is 18.7. The molecular weight excluding hydrogens is 357 g/mol. The van der Waals surface area contributed by atoms with E-state index in [9.17, 15) is 9.18 Å². The van der Waals surface area contributed by atoms with Crippen molar-refractivity contribution in [1.82, 2.24) is 9.97 Å². The van der Waals surface area contributed by atoms with Gasteiger partial charge in [0.15, 0.2) is 5.82 Å². The van der Waals surface area contributed by atoms with E-state index in [4.69, 9.17) is 5.73 Å². The van der Waals surface area contributed by atoms with Gasteiger partial charge >= 0.3 is 0 Å². The van der Waals surface area contributed by atoms with Gasteiger partial charge in [-0.2, -0.15) is 0 Å². The van der Waals surface area contributed by atoms with Gasteiger partial charge in [0.1, 0.15) is 5.69 Å². The summed E-state index contributed by atoms with van der Waals surface area (Å²) >= 11 is 0. The summed E-state index contributed by atoms with van der Waals surface area (Å²) < 4.78 is 14.5. The number of anilines is 2. The Kier molecular flexibility index (Phi) is 5.41. The molecule has 4 rings (SSSR count). The number of nitrogens with two attached hydrogens (primary N) is 1. The van der Waals surface area contributed by atoms with Gasteiger partial charge in [-0.05, 0) is 44.2 Å². The highest BCUT2D eigenvalue weighted by Gasteiger charge is 2.26. The SMILES string of the molecule is NC(=O)C1CCCC(Nc2ncc(F)c(-c3cccc(N4CCCC4)c3)n2)C1. The number of hydrogen-bond donors (Lipinski definition) is 2. The van der Waals surface area contributed by atoms with E-state index in [1.54, 1.807) is 0 Å².